The number of aldehydes is 1. The van der Waals surface area contributed by atoms with Gasteiger partial charge in [0.15, 0.2) is 6.29 Å². The molecule has 2 aromatic heterocycles. The number of nitrogens with zero attached hydrogens (tertiary/aromatic N) is 3. The Hall–Kier alpha value is -2.75. The number of rotatable bonds is 4. The molecule has 4 nitrogen and oxygen atoms in total. The fourth-order valence-corrected chi connectivity index (χ4v) is 2.27. The van der Waals surface area contributed by atoms with Gasteiger partial charge >= 0.3 is 0 Å². The summed E-state index contributed by atoms with van der Waals surface area (Å²) in [5.74, 6) is 0. The van der Waals surface area contributed by atoms with Crippen LogP contribution in [0.4, 0.5) is 0 Å². The van der Waals surface area contributed by atoms with Crippen LogP contribution in [0.3, 0.4) is 0 Å². The van der Waals surface area contributed by atoms with Gasteiger partial charge in [0.2, 0.25) is 0 Å². The average molecular weight is 277 g/mol. The molecule has 0 aliphatic heterocycles. The molecule has 2 heterocycles. The quantitative estimate of drug-likeness (QED) is 0.686. The van der Waals surface area contributed by atoms with Gasteiger partial charge in [-0.05, 0) is 30.2 Å². The Labute approximate surface area is 123 Å². The first kappa shape index (κ1) is 13.2. The zero-order valence-electron chi connectivity index (χ0n) is 11.7. The normalized spacial score (nSPS) is 10.5. The maximum Gasteiger partial charge on any atom is 0.153 e. The second kappa shape index (κ2) is 5.71. The lowest BCUT2D eigenvalue weighted by atomic mass is 10.0. The van der Waals surface area contributed by atoms with Crippen LogP contribution in [0, 0.1) is 0 Å². The second-order valence-electron chi connectivity index (χ2n) is 4.72. The maximum atomic E-state index is 11.2. The van der Waals surface area contributed by atoms with Crippen molar-refractivity contribution in [1.29, 1.82) is 0 Å². The van der Waals surface area contributed by atoms with E-state index in [1.165, 1.54) is 0 Å². The van der Waals surface area contributed by atoms with Crippen LogP contribution < -0.4 is 0 Å². The Morgan fingerprint density at radius 2 is 1.62 bits per heavy atom. The largest absolute Gasteiger partial charge is 0.298 e. The monoisotopic (exact) mass is 277 g/mol. The molecule has 0 saturated heterocycles. The molecule has 0 aliphatic carbocycles. The smallest absolute Gasteiger partial charge is 0.153 e. The summed E-state index contributed by atoms with van der Waals surface area (Å²) in [5.41, 5.74) is 4.53. The van der Waals surface area contributed by atoms with Crippen molar-refractivity contribution in [3.8, 4) is 22.4 Å². The molecule has 0 unspecified atom stereocenters. The third kappa shape index (κ3) is 2.60. The Bertz CT molecular complexity index is 745. The topological polar surface area (TPSA) is 47.8 Å². The van der Waals surface area contributed by atoms with Crippen molar-refractivity contribution in [2.45, 2.75) is 13.5 Å². The average Bonchev–Trinajstić information content (AvgIpc) is 2.99. The van der Waals surface area contributed by atoms with Crippen LogP contribution in [0.5, 0.6) is 0 Å². The minimum atomic E-state index is 0.619. The molecule has 104 valence electrons. The number of aryl methyl sites for hydroxylation is 1. The molecule has 0 N–H and O–H groups in total. The third-order valence-corrected chi connectivity index (χ3v) is 3.41. The van der Waals surface area contributed by atoms with Gasteiger partial charge < -0.3 is 0 Å². The van der Waals surface area contributed by atoms with Crippen LogP contribution in [-0.2, 0) is 6.54 Å². The van der Waals surface area contributed by atoms with E-state index in [0.717, 1.165) is 35.2 Å². The van der Waals surface area contributed by atoms with Crippen molar-refractivity contribution < 1.29 is 4.79 Å². The molecule has 0 aliphatic rings. The summed E-state index contributed by atoms with van der Waals surface area (Å²) < 4.78 is 1.77. The first-order valence-corrected chi connectivity index (χ1v) is 6.85. The lowest BCUT2D eigenvalue weighted by Crippen LogP contribution is -1.93. The molecule has 0 atom stereocenters. The van der Waals surface area contributed by atoms with E-state index in [9.17, 15) is 4.79 Å². The number of carbonyl (C=O) groups is 1. The second-order valence-corrected chi connectivity index (χ2v) is 4.72. The van der Waals surface area contributed by atoms with Gasteiger partial charge in [-0.25, -0.2) is 0 Å². The lowest BCUT2D eigenvalue weighted by Gasteiger charge is -2.03. The molecule has 0 radical (unpaired) electrons. The van der Waals surface area contributed by atoms with Gasteiger partial charge in [0, 0.05) is 30.7 Å². The molecule has 1 aromatic carbocycles. The Balaban J connectivity index is 1.98. The predicted molar refractivity (Wildman–Crippen MR) is 82.0 cm³/mol. The van der Waals surface area contributed by atoms with Gasteiger partial charge in [0.05, 0.1) is 5.56 Å². The van der Waals surface area contributed by atoms with E-state index in [2.05, 4.69) is 10.1 Å². The fraction of sp³-hybridized carbons (Fsp3) is 0.118. The van der Waals surface area contributed by atoms with Crippen molar-refractivity contribution in [3.05, 3.63) is 60.6 Å². The van der Waals surface area contributed by atoms with E-state index < -0.39 is 0 Å². The Morgan fingerprint density at radius 3 is 2.24 bits per heavy atom. The van der Waals surface area contributed by atoms with Crippen LogP contribution in [0.1, 0.15) is 17.3 Å². The SMILES string of the molecule is CCn1cc(C=O)c(-c2ccc(-c3ccncc3)cc2)n1. The lowest BCUT2D eigenvalue weighted by molar-refractivity contribution is 0.112. The fourth-order valence-electron chi connectivity index (χ4n) is 2.27. The minimum absolute atomic E-state index is 0.619. The summed E-state index contributed by atoms with van der Waals surface area (Å²) in [4.78, 5) is 15.2. The summed E-state index contributed by atoms with van der Waals surface area (Å²) in [5, 5.41) is 4.45. The Kier molecular flexibility index (Phi) is 3.60. The zero-order chi connectivity index (χ0) is 14.7. The number of pyridine rings is 1. The summed E-state index contributed by atoms with van der Waals surface area (Å²) in [6, 6.07) is 12.0. The van der Waals surface area contributed by atoms with Crippen molar-refractivity contribution in [2.24, 2.45) is 0 Å². The van der Waals surface area contributed by atoms with E-state index in [4.69, 9.17) is 0 Å². The van der Waals surface area contributed by atoms with Gasteiger partial charge in [-0.15, -0.1) is 0 Å². The highest BCUT2D eigenvalue weighted by molar-refractivity contribution is 5.85. The van der Waals surface area contributed by atoms with Crippen molar-refractivity contribution in [3.63, 3.8) is 0 Å². The van der Waals surface area contributed by atoms with E-state index in [-0.39, 0.29) is 0 Å². The molecule has 3 rings (SSSR count). The van der Waals surface area contributed by atoms with E-state index in [0.29, 0.717) is 5.56 Å². The van der Waals surface area contributed by atoms with Crippen LogP contribution in [0.2, 0.25) is 0 Å². The standard InChI is InChI=1S/C17H15N3O/c1-2-20-11-16(12-21)17(19-20)15-5-3-13(4-6-15)14-7-9-18-10-8-14/h3-12H,2H2,1H3. The zero-order valence-corrected chi connectivity index (χ0v) is 11.7. The molecule has 21 heavy (non-hydrogen) atoms. The molecular weight excluding hydrogens is 262 g/mol. The van der Waals surface area contributed by atoms with Crippen LogP contribution in [0.15, 0.2) is 55.0 Å². The van der Waals surface area contributed by atoms with Crippen molar-refractivity contribution >= 4 is 6.29 Å². The minimum Gasteiger partial charge on any atom is -0.298 e. The van der Waals surface area contributed by atoms with Crippen LogP contribution in [-0.4, -0.2) is 21.1 Å². The van der Waals surface area contributed by atoms with Gasteiger partial charge in [-0.2, -0.15) is 5.10 Å². The number of benzene rings is 1. The summed E-state index contributed by atoms with van der Waals surface area (Å²) in [7, 11) is 0. The van der Waals surface area contributed by atoms with E-state index in [1.54, 1.807) is 23.3 Å². The van der Waals surface area contributed by atoms with Gasteiger partial charge in [0.1, 0.15) is 5.69 Å². The van der Waals surface area contributed by atoms with Gasteiger partial charge in [0.25, 0.3) is 0 Å². The molecule has 0 amide bonds. The van der Waals surface area contributed by atoms with Gasteiger partial charge in [-0.1, -0.05) is 24.3 Å². The molecule has 3 aromatic rings. The Morgan fingerprint density at radius 1 is 1.00 bits per heavy atom. The molecule has 0 saturated carbocycles. The van der Waals surface area contributed by atoms with Crippen LogP contribution in [0.25, 0.3) is 22.4 Å². The molecule has 4 heteroatoms. The van der Waals surface area contributed by atoms with Crippen molar-refractivity contribution in [1.82, 2.24) is 14.8 Å². The molecule has 0 spiro atoms. The van der Waals surface area contributed by atoms with Gasteiger partial charge in [-0.3, -0.25) is 14.5 Å². The van der Waals surface area contributed by atoms with E-state index >= 15 is 0 Å². The number of aromatic nitrogens is 3. The predicted octanol–water partition coefficient (Wildman–Crippen LogP) is 3.44. The maximum absolute atomic E-state index is 11.2. The summed E-state index contributed by atoms with van der Waals surface area (Å²) in [6.45, 7) is 2.74. The summed E-state index contributed by atoms with van der Waals surface area (Å²) >= 11 is 0. The first-order valence-electron chi connectivity index (χ1n) is 6.85. The van der Waals surface area contributed by atoms with Crippen molar-refractivity contribution in [2.75, 3.05) is 0 Å². The number of hydrogen-bond donors (Lipinski definition) is 0. The molecular formula is C17H15N3O. The van der Waals surface area contributed by atoms with E-state index in [1.807, 2.05) is 43.3 Å². The first-order chi connectivity index (χ1) is 10.3. The third-order valence-electron chi connectivity index (χ3n) is 3.41. The highest BCUT2D eigenvalue weighted by Crippen LogP contribution is 2.25. The number of carbonyl (C=O) groups excluding carboxylic acids is 1. The number of hydrogen-bond acceptors (Lipinski definition) is 3. The highest BCUT2D eigenvalue weighted by Gasteiger charge is 2.10. The highest BCUT2D eigenvalue weighted by atomic mass is 16.1. The molecule has 0 bridgehead atoms. The summed E-state index contributed by atoms with van der Waals surface area (Å²) in [6.07, 6.45) is 6.18. The molecule has 0 fully saturated rings. The van der Waals surface area contributed by atoms with Crippen LogP contribution >= 0.6 is 0 Å².